The van der Waals surface area contributed by atoms with Crippen LogP contribution < -0.4 is 4.72 Å². The maximum Gasteiger partial charge on any atom is 0.211 e. The number of aryl methyl sites for hydroxylation is 1. The van der Waals surface area contributed by atoms with Crippen molar-refractivity contribution in [2.24, 2.45) is 0 Å². The molecule has 0 spiro atoms. The molecule has 0 atom stereocenters. The molecule has 4 nitrogen and oxygen atoms in total. The van der Waals surface area contributed by atoms with Crippen LogP contribution in [0.15, 0.2) is 18.5 Å². The van der Waals surface area contributed by atoms with E-state index in [1.54, 1.807) is 12.4 Å². The molecule has 0 amide bonds. The van der Waals surface area contributed by atoms with Crippen LogP contribution in [0.3, 0.4) is 0 Å². The first-order valence-corrected chi connectivity index (χ1v) is 7.66. The van der Waals surface area contributed by atoms with Gasteiger partial charge in [0.2, 0.25) is 10.0 Å². The lowest BCUT2D eigenvalue weighted by Gasteiger charge is -2.07. The summed E-state index contributed by atoms with van der Waals surface area (Å²) in [5.41, 5.74) is 1.93. The average Bonchev–Trinajstić information content (AvgIpc) is 2.28. The summed E-state index contributed by atoms with van der Waals surface area (Å²) in [6, 6.07) is 1.86. The van der Waals surface area contributed by atoms with E-state index >= 15 is 0 Å². The van der Waals surface area contributed by atoms with Gasteiger partial charge in [-0.15, -0.1) is 11.6 Å². The number of hydrogen-bond donors (Lipinski definition) is 1. The van der Waals surface area contributed by atoms with E-state index in [1.807, 2.05) is 13.0 Å². The zero-order chi connectivity index (χ0) is 12.7. The van der Waals surface area contributed by atoms with Gasteiger partial charge in [0.05, 0.1) is 5.75 Å². The molecule has 1 aromatic heterocycles. The SMILES string of the molecule is Cc1ccncc1CNS(=O)(=O)CCCCCl. The second kappa shape index (κ2) is 6.93. The normalized spacial score (nSPS) is 11.6. The van der Waals surface area contributed by atoms with Gasteiger partial charge in [0.15, 0.2) is 0 Å². The second-order valence-electron chi connectivity index (χ2n) is 3.84. The van der Waals surface area contributed by atoms with Gasteiger partial charge in [0, 0.05) is 24.8 Å². The predicted octanol–water partition coefficient (Wildman–Crippen LogP) is 1.83. The lowest BCUT2D eigenvalue weighted by Crippen LogP contribution is -2.26. The van der Waals surface area contributed by atoms with Gasteiger partial charge in [0.25, 0.3) is 0 Å². The van der Waals surface area contributed by atoms with Crippen LogP contribution in [0.5, 0.6) is 0 Å². The summed E-state index contributed by atoms with van der Waals surface area (Å²) < 4.78 is 25.8. The number of aromatic nitrogens is 1. The second-order valence-corrected chi connectivity index (χ2v) is 6.14. The van der Waals surface area contributed by atoms with Crippen molar-refractivity contribution >= 4 is 21.6 Å². The van der Waals surface area contributed by atoms with E-state index in [1.165, 1.54) is 0 Å². The van der Waals surface area contributed by atoms with Gasteiger partial charge >= 0.3 is 0 Å². The zero-order valence-corrected chi connectivity index (χ0v) is 11.4. The highest BCUT2D eigenvalue weighted by molar-refractivity contribution is 7.89. The summed E-state index contributed by atoms with van der Waals surface area (Å²) in [4.78, 5) is 3.97. The lowest BCUT2D eigenvalue weighted by atomic mass is 10.2. The molecule has 0 aliphatic heterocycles. The first-order chi connectivity index (χ1) is 8.05. The van der Waals surface area contributed by atoms with Crippen molar-refractivity contribution in [3.63, 3.8) is 0 Å². The molecule has 1 N–H and O–H groups in total. The summed E-state index contributed by atoms with van der Waals surface area (Å²) in [6.45, 7) is 2.22. The fraction of sp³-hybridized carbons (Fsp3) is 0.545. The van der Waals surface area contributed by atoms with E-state index in [4.69, 9.17) is 11.6 Å². The molecule has 0 fully saturated rings. The number of hydrogen-bond acceptors (Lipinski definition) is 3. The van der Waals surface area contributed by atoms with Crippen molar-refractivity contribution in [3.8, 4) is 0 Å². The monoisotopic (exact) mass is 276 g/mol. The van der Waals surface area contributed by atoms with Crippen molar-refractivity contribution in [2.75, 3.05) is 11.6 Å². The highest BCUT2D eigenvalue weighted by Gasteiger charge is 2.09. The number of unbranched alkanes of at least 4 members (excludes halogenated alkanes) is 1. The molecule has 0 unspecified atom stereocenters. The molecule has 0 radical (unpaired) electrons. The highest BCUT2D eigenvalue weighted by Crippen LogP contribution is 2.05. The molecular weight excluding hydrogens is 260 g/mol. The van der Waals surface area contributed by atoms with E-state index in [0.29, 0.717) is 25.3 Å². The Kier molecular flexibility index (Phi) is 5.88. The molecule has 0 aliphatic rings. The summed E-state index contributed by atoms with van der Waals surface area (Å²) >= 11 is 5.50. The molecule has 0 saturated heterocycles. The molecule has 17 heavy (non-hydrogen) atoms. The Balaban J connectivity index is 2.47. The van der Waals surface area contributed by atoms with E-state index < -0.39 is 10.0 Å². The Bertz CT molecular complexity index is 449. The number of nitrogens with zero attached hydrogens (tertiary/aromatic N) is 1. The van der Waals surface area contributed by atoms with Crippen LogP contribution in [0.25, 0.3) is 0 Å². The van der Waals surface area contributed by atoms with Gasteiger partial charge in [-0.3, -0.25) is 4.98 Å². The van der Waals surface area contributed by atoms with Gasteiger partial charge in [-0.2, -0.15) is 0 Å². The molecule has 0 aromatic carbocycles. The standard InChI is InChI=1S/C11H17ClN2O2S/c1-10-4-6-13-8-11(10)9-14-17(15,16)7-3-2-5-12/h4,6,8,14H,2-3,5,7,9H2,1H3. The Hall–Kier alpha value is -0.650. The maximum atomic E-state index is 11.6. The Morgan fingerprint density at radius 2 is 2.18 bits per heavy atom. The van der Waals surface area contributed by atoms with Crippen molar-refractivity contribution in [1.29, 1.82) is 0 Å². The van der Waals surface area contributed by atoms with Crippen molar-refractivity contribution in [3.05, 3.63) is 29.6 Å². The molecule has 6 heteroatoms. The third-order valence-corrected chi connectivity index (χ3v) is 4.10. The smallest absolute Gasteiger partial charge is 0.211 e. The predicted molar refractivity (Wildman–Crippen MR) is 69.6 cm³/mol. The number of rotatable bonds is 7. The number of alkyl halides is 1. The fourth-order valence-corrected chi connectivity index (χ4v) is 2.62. The van der Waals surface area contributed by atoms with Gasteiger partial charge in [0.1, 0.15) is 0 Å². The minimum Gasteiger partial charge on any atom is -0.264 e. The fourth-order valence-electron chi connectivity index (χ4n) is 1.33. The summed E-state index contributed by atoms with van der Waals surface area (Å²) in [7, 11) is -3.21. The highest BCUT2D eigenvalue weighted by atomic mass is 35.5. The first-order valence-electron chi connectivity index (χ1n) is 5.48. The lowest BCUT2D eigenvalue weighted by molar-refractivity contribution is 0.578. The number of sulfonamides is 1. The summed E-state index contributed by atoms with van der Waals surface area (Å²) in [6.07, 6.45) is 4.67. The van der Waals surface area contributed by atoms with Gasteiger partial charge in [-0.05, 0) is 37.0 Å². The van der Waals surface area contributed by atoms with E-state index in [-0.39, 0.29) is 5.75 Å². The molecule has 96 valence electrons. The van der Waals surface area contributed by atoms with Gasteiger partial charge in [-0.1, -0.05) is 0 Å². The summed E-state index contributed by atoms with van der Waals surface area (Å²) in [5.74, 6) is 0.621. The summed E-state index contributed by atoms with van der Waals surface area (Å²) in [5, 5.41) is 0. The van der Waals surface area contributed by atoms with Crippen LogP contribution >= 0.6 is 11.6 Å². The van der Waals surface area contributed by atoms with Crippen LogP contribution in [-0.2, 0) is 16.6 Å². The quantitative estimate of drug-likeness (QED) is 0.611. The molecule has 0 aliphatic carbocycles. The topological polar surface area (TPSA) is 59.1 Å². The Labute approximate surface area is 107 Å². The average molecular weight is 277 g/mol. The van der Waals surface area contributed by atoms with Crippen molar-refractivity contribution in [2.45, 2.75) is 26.3 Å². The molecule has 1 heterocycles. The van der Waals surface area contributed by atoms with Gasteiger partial charge < -0.3 is 0 Å². The Morgan fingerprint density at radius 1 is 1.41 bits per heavy atom. The maximum absolute atomic E-state index is 11.6. The van der Waals surface area contributed by atoms with E-state index in [0.717, 1.165) is 11.1 Å². The van der Waals surface area contributed by atoms with Crippen LogP contribution in [-0.4, -0.2) is 25.0 Å². The molecule has 0 saturated carbocycles. The van der Waals surface area contributed by atoms with Gasteiger partial charge in [-0.25, -0.2) is 13.1 Å². The number of pyridine rings is 1. The van der Waals surface area contributed by atoms with Crippen LogP contribution in [0.2, 0.25) is 0 Å². The van der Waals surface area contributed by atoms with E-state index in [2.05, 4.69) is 9.71 Å². The van der Waals surface area contributed by atoms with E-state index in [9.17, 15) is 8.42 Å². The van der Waals surface area contributed by atoms with Crippen molar-refractivity contribution < 1.29 is 8.42 Å². The van der Waals surface area contributed by atoms with Crippen molar-refractivity contribution in [1.82, 2.24) is 9.71 Å². The minimum atomic E-state index is -3.21. The minimum absolute atomic E-state index is 0.124. The Morgan fingerprint density at radius 3 is 2.82 bits per heavy atom. The first kappa shape index (κ1) is 14.4. The van der Waals surface area contributed by atoms with Crippen LogP contribution in [0.4, 0.5) is 0 Å². The van der Waals surface area contributed by atoms with Crippen LogP contribution in [0, 0.1) is 6.92 Å². The molecule has 1 aromatic rings. The number of halogens is 1. The largest absolute Gasteiger partial charge is 0.264 e. The van der Waals surface area contributed by atoms with Crippen LogP contribution in [0.1, 0.15) is 24.0 Å². The molecule has 0 bridgehead atoms. The third kappa shape index (κ3) is 5.48. The third-order valence-electron chi connectivity index (χ3n) is 2.43. The number of nitrogens with one attached hydrogen (secondary N) is 1. The molecular formula is C11H17ClN2O2S. The molecule has 1 rings (SSSR count). The zero-order valence-electron chi connectivity index (χ0n) is 9.82.